The third-order valence-corrected chi connectivity index (χ3v) is 4.13. The molecule has 21 heavy (non-hydrogen) atoms. The number of hydrogen-bond acceptors (Lipinski definition) is 4. The van der Waals surface area contributed by atoms with Crippen molar-refractivity contribution in [2.24, 2.45) is 0 Å². The molecule has 0 amide bonds. The third kappa shape index (κ3) is 3.41. The zero-order valence-corrected chi connectivity index (χ0v) is 12.2. The molecule has 0 aliphatic rings. The Bertz CT molecular complexity index is 706. The fraction of sp³-hybridized carbons (Fsp3) is 0.118. The number of pyridine rings is 2. The number of rotatable bonds is 5. The molecule has 3 rings (SSSR count). The molecule has 3 aromatic rings. The second kappa shape index (κ2) is 6.41. The van der Waals surface area contributed by atoms with Crippen LogP contribution in [-0.2, 0) is 6.42 Å². The van der Waals surface area contributed by atoms with Crippen molar-refractivity contribution in [2.45, 2.75) is 12.8 Å². The number of thiophene rings is 1. The summed E-state index contributed by atoms with van der Waals surface area (Å²) >= 11 is 1.68. The maximum atomic E-state index is 12.1. The highest BCUT2D eigenvalue weighted by atomic mass is 32.1. The lowest BCUT2D eigenvalue weighted by molar-refractivity contribution is 0.0983. The monoisotopic (exact) mass is 294 g/mol. The van der Waals surface area contributed by atoms with Gasteiger partial charge in [-0.2, -0.15) is 0 Å². The van der Waals surface area contributed by atoms with Gasteiger partial charge in [-0.1, -0.05) is 12.1 Å². The van der Waals surface area contributed by atoms with Crippen LogP contribution < -0.4 is 0 Å². The van der Waals surface area contributed by atoms with Gasteiger partial charge in [-0.15, -0.1) is 11.3 Å². The first-order chi connectivity index (χ1) is 10.3. The highest BCUT2D eigenvalue weighted by Gasteiger charge is 2.08. The first kappa shape index (κ1) is 13.6. The Kier molecular flexibility index (Phi) is 4.17. The highest BCUT2D eigenvalue weighted by Crippen LogP contribution is 2.16. The van der Waals surface area contributed by atoms with Crippen molar-refractivity contribution in [3.05, 3.63) is 70.7 Å². The van der Waals surface area contributed by atoms with Crippen LogP contribution in [0.1, 0.15) is 21.7 Å². The van der Waals surface area contributed by atoms with E-state index >= 15 is 0 Å². The lowest BCUT2D eigenvalue weighted by Crippen LogP contribution is -2.01. The van der Waals surface area contributed by atoms with Crippen LogP contribution in [0.3, 0.4) is 0 Å². The van der Waals surface area contributed by atoms with Gasteiger partial charge in [-0.25, -0.2) is 0 Å². The third-order valence-electron chi connectivity index (χ3n) is 3.19. The molecule has 4 heteroatoms. The quantitative estimate of drug-likeness (QED) is 0.667. The minimum atomic E-state index is 0.128. The van der Waals surface area contributed by atoms with Crippen LogP contribution in [-0.4, -0.2) is 15.8 Å². The minimum absolute atomic E-state index is 0.128. The molecule has 0 N–H and O–H groups in total. The second-order valence-electron chi connectivity index (χ2n) is 4.65. The van der Waals surface area contributed by atoms with Crippen LogP contribution >= 0.6 is 11.3 Å². The summed E-state index contributed by atoms with van der Waals surface area (Å²) in [5.74, 6) is 0.128. The van der Waals surface area contributed by atoms with E-state index in [1.165, 1.54) is 4.88 Å². The number of carbonyl (C=O) groups excluding carboxylic acids is 1. The first-order valence-corrected chi connectivity index (χ1v) is 7.64. The van der Waals surface area contributed by atoms with Gasteiger partial charge < -0.3 is 0 Å². The van der Waals surface area contributed by atoms with Crippen molar-refractivity contribution in [3.63, 3.8) is 0 Å². The number of nitrogens with zero attached hydrogens (tertiary/aromatic N) is 2. The molecule has 0 unspecified atom stereocenters. The largest absolute Gasteiger partial charge is 0.294 e. The van der Waals surface area contributed by atoms with E-state index in [9.17, 15) is 4.79 Å². The molecule has 0 saturated carbocycles. The van der Waals surface area contributed by atoms with Gasteiger partial charge in [-0.05, 0) is 42.1 Å². The van der Waals surface area contributed by atoms with Gasteiger partial charge in [-0.3, -0.25) is 14.8 Å². The van der Waals surface area contributed by atoms with E-state index in [4.69, 9.17) is 0 Å². The van der Waals surface area contributed by atoms with Crippen LogP contribution in [0.15, 0.2) is 60.2 Å². The van der Waals surface area contributed by atoms with Gasteiger partial charge in [0.25, 0.3) is 0 Å². The molecule has 0 bridgehead atoms. The maximum absolute atomic E-state index is 12.1. The Hall–Kier alpha value is -2.33. The first-order valence-electron chi connectivity index (χ1n) is 6.76. The van der Waals surface area contributed by atoms with Gasteiger partial charge >= 0.3 is 0 Å². The van der Waals surface area contributed by atoms with Crippen molar-refractivity contribution < 1.29 is 4.79 Å². The Morgan fingerprint density at radius 3 is 2.57 bits per heavy atom. The zero-order valence-electron chi connectivity index (χ0n) is 11.4. The molecule has 0 aliphatic carbocycles. The van der Waals surface area contributed by atoms with Gasteiger partial charge in [0.1, 0.15) is 0 Å². The summed E-state index contributed by atoms with van der Waals surface area (Å²) in [6, 6.07) is 13.4. The average Bonchev–Trinajstić information content (AvgIpc) is 3.07. The van der Waals surface area contributed by atoms with Gasteiger partial charge in [0.2, 0.25) is 0 Å². The standard InChI is InChI=1S/C17H14N2OS/c20-17(9-7-14-4-3-11-21-14)13-6-8-16(19-12-13)15-5-1-2-10-18-15/h1-6,8,10-12H,7,9H2. The Morgan fingerprint density at radius 1 is 1.00 bits per heavy atom. The number of aryl methyl sites for hydroxylation is 1. The lowest BCUT2D eigenvalue weighted by atomic mass is 10.1. The summed E-state index contributed by atoms with van der Waals surface area (Å²) in [7, 11) is 0. The normalized spacial score (nSPS) is 10.5. The number of carbonyl (C=O) groups is 1. The fourth-order valence-electron chi connectivity index (χ4n) is 2.06. The van der Waals surface area contributed by atoms with Crippen LogP contribution in [0.4, 0.5) is 0 Å². The average molecular weight is 294 g/mol. The van der Waals surface area contributed by atoms with Crippen molar-refractivity contribution in [3.8, 4) is 11.4 Å². The van der Waals surface area contributed by atoms with Crippen molar-refractivity contribution >= 4 is 17.1 Å². The molecule has 0 atom stereocenters. The van der Waals surface area contributed by atoms with E-state index in [-0.39, 0.29) is 5.78 Å². The van der Waals surface area contributed by atoms with Crippen molar-refractivity contribution in [1.29, 1.82) is 0 Å². The summed E-state index contributed by atoms with van der Waals surface area (Å²) in [5.41, 5.74) is 2.26. The predicted octanol–water partition coefficient (Wildman–Crippen LogP) is 4.02. The van der Waals surface area contributed by atoms with Crippen molar-refractivity contribution in [2.75, 3.05) is 0 Å². The van der Waals surface area contributed by atoms with Crippen LogP contribution in [0.5, 0.6) is 0 Å². The molecule has 0 spiro atoms. The van der Waals surface area contributed by atoms with E-state index in [1.54, 1.807) is 23.7 Å². The van der Waals surface area contributed by atoms with E-state index in [1.807, 2.05) is 41.8 Å². The Balaban J connectivity index is 1.67. The number of aromatic nitrogens is 2. The molecular formula is C17H14N2OS. The predicted molar refractivity (Wildman–Crippen MR) is 84.4 cm³/mol. The molecule has 0 aromatic carbocycles. The van der Waals surface area contributed by atoms with E-state index in [2.05, 4.69) is 16.0 Å². The van der Waals surface area contributed by atoms with E-state index in [0.29, 0.717) is 12.0 Å². The lowest BCUT2D eigenvalue weighted by Gasteiger charge is -2.02. The van der Waals surface area contributed by atoms with Crippen LogP contribution in [0, 0.1) is 0 Å². The van der Waals surface area contributed by atoms with Gasteiger partial charge in [0.15, 0.2) is 5.78 Å². The number of Topliss-reactive ketones (excluding diaryl/α,β-unsaturated/α-hetero) is 1. The van der Waals surface area contributed by atoms with E-state index < -0.39 is 0 Å². The Morgan fingerprint density at radius 2 is 1.90 bits per heavy atom. The smallest absolute Gasteiger partial charge is 0.164 e. The maximum Gasteiger partial charge on any atom is 0.164 e. The van der Waals surface area contributed by atoms with Crippen LogP contribution in [0.2, 0.25) is 0 Å². The molecule has 104 valence electrons. The summed E-state index contributed by atoms with van der Waals surface area (Å²) in [5, 5.41) is 2.03. The van der Waals surface area contributed by atoms with Crippen LogP contribution in [0.25, 0.3) is 11.4 Å². The molecule has 0 fully saturated rings. The summed E-state index contributed by atoms with van der Waals surface area (Å²) < 4.78 is 0. The van der Waals surface area contributed by atoms with E-state index in [0.717, 1.165) is 17.8 Å². The molecule has 3 nitrogen and oxygen atoms in total. The summed E-state index contributed by atoms with van der Waals surface area (Å²) in [6.07, 6.45) is 4.68. The Labute approximate surface area is 127 Å². The molecule has 0 saturated heterocycles. The second-order valence-corrected chi connectivity index (χ2v) is 5.68. The topological polar surface area (TPSA) is 42.9 Å². The number of hydrogen-bond donors (Lipinski definition) is 0. The van der Waals surface area contributed by atoms with Gasteiger partial charge in [0, 0.05) is 29.3 Å². The minimum Gasteiger partial charge on any atom is -0.294 e. The molecule has 3 aromatic heterocycles. The SMILES string of the molecule is O=C(CCc1cccs1)c1ccc(-c2ccccn2)nc1. The summed E-state index contributed by atoms with van der Waals surface area (Å²) in [4.78, 5) is 22.0. The molecular weight excluding hydrogens is 280 g/mol. The zero-order chi connectivity index (χ0) is 14.5. The molecule has 3 heterocycles. The summed E-state index contributed by atoms with van der Waals surface area (Å²) in [6.45, 7) is 0. The highest BCUT2D eigenvalue weighted by molar-refractivity contribution is 7.09. The number of ketones is 1. The molecule has 0 aliphatic heterocycles. The van der Waals surface area contributed by atoms with Crippen molar-refractivity contribution in [1.82, 2.24) is 9.97 Å². The molecule has 0 radical (unpaired) electrons. The van der Waals surface area contributed by atoms with Gasteiger partial charge in [0.05, 0.1) is 11.4 Å². The fourth-order valence-corrected chi connectivity index (χ4v) is 2.77.